The van der Waals surface area contributed by atoms with Crippen molar-refractivity contribution in [1.29, 1.82) is 0 Å². The van der Waals surface area contributed by atoms with E-state index in [-0.39, 0.29) is 11.6 Å². The first-order valence-corrected chi connectivity index (χ1v) is 9.96. The minimum atomic E-state index is -4.52. The van der Waals surface area contributed by atoms with Crippen LogP contribution in [0.25, 0.3) is 16.4 Å². The van der Waals surface area contributed by atoms with Crippen molar-refractivity contribution in [3.05, 3.63) is 89.5 Å². The molecule has 0 bridgehead atoms. The lowest BCUT2D eigenvalue weighted by molar-refractivity contribution is -0.754. The van der Waals surface area contributed by atoms with E-state index < -0.39 is 17.8 Å². The van der Waals surface area contributed by atoms with E-state index in [1.807, 2.05) is 36.4 Å². The molecule has 0 saturated carbocycles. The van der Waals surface area contributed by atoms with Crippen molar-refractivity contribution in [1.82, 2.24) is 10.3 Å². The van der Waals surface area contributed by atoms with Crippen LogP contribution >= 0.6 is 0 Å². The number of hydrogen-bond donors (Lipinski definition) is 1. The minimum Gasteiger partial charge on any atom is -0.481 e. The Morgan fingerprint density at radius 2 is 1.91 bits per heavy atom. The van der Waals surface area contributed by atoms with Crippen molar-refractivity contribution in [2.75, 3.05) is 12.4 Å². The lowest BCUT2D eigenvalue weighted by Gasteiger charge is -2.15. The van der Waals surface area contributed by atoms with E-state index in [0.717, 1.165) is 28.8 Å². The molecule has 34 heavy (non-hydrogen) atoms. The first kappa shape index (κ1) is 22.8. The van der Waals surface area contributed by atoms with Crippen molar-refractivity contribution >= 4 is 17.6 Å². The van der Waals surface area contributed by atoms with Crippen LogP contribution < -0.4 is 14.7 Å². The number of methoxy groups -OCH3 is 1. The van der Waals surface area contributed by atoms with Gasteiger partial charge in [0.15, 0.2) is 11.3 Å². The Kier molecular flexibility index (Phi) is 6.44. The number of anilines is 1. The van der Waals surface area contributed by atoms with Crippen molar-refractivity contribution < 1.29 is 31.9 Å². The van der Waals surface area contributed by atoms with Gasteiger partial charge in [-0.3, -0.25) is 4.79 Å². The highest BCUT2D eigenvalue weighted by molar-refractivity contribution is 6.03. The SMILES string of the molecule is COc1cc(-c2ccc(C[n+]3cc([N-]C(=O)Nc4cccc(C(F)(F)F)c4)on3)cc2)ccn1. The molecule has 0 unspecified atom stereocenters. The summed E-state index contributed by atoms with van der Waals surface area (Å²) in [6.07, 6.45) is -1.44. The summed E-state index contributed by atoms with van der Waals surface area (Å²) in [5.41, 5.74) is 1.94. The third-order valence-corrected chi connectivity index (χ3v) is 4.73. The van der Waals surface area contributed by atoms with Crippen molar-refractivity contribution in [2.45, 2.75) is 12.7 Å². The number of amides is 2. The van der Waals surface area contributed by atoms with Gasteiger partial charge in [0.1, 0.15) is 0 Å². The van der Waals surface area contributed by atoms with Gasteiger partial charge in [-0.15, -0.1) is 0 Å². The normalized spacial score (nSPS) is 11.2. The average molecular weight is 469 g/mol. The number of carbonyl (C=O) groups excluding carboxylic acids is 1. The number of ether oxygens (including phenoxy) is 1. The summed E-state index contributed by atoms with van der Waals surface area (Å²) in [5, 5.41) is 9.77. The Labute approximate surface area is 192 Å². The first-order valence-electron chi connectivity index (χ1n) is 9.96. The summed E-state index contributed by atoms with van der Waals surface area (Å²) in [5.74, 6) is 0.429. The summed E-state index contributed by atoms with van der Waals surface area (Å²) < 4.78 is 50.0. The maximum Gasteiger partial charge on any atom is 0.416 e. The molecule has 11 heteroatoms. The standard InChI is InChI=1S/C23H18F3N5O3/c1-33-20-11-17(9-10-27-20)16-7-5-15(6-8-16)13-31-14-21(34-30-31)29-22(32)28-19-4-2-3-18(12-19)23(24,25)26/h2-12,14H,13H2,1H3,(H-,28,29,30,32). The molecule has 0 radical (unpaired) electrons. The molecular weight excluding hydrogens is 451 g/mol. The van der Waals surface area contributed by atoms with Gasteiger partial charge in [-0.25, -0.2) is 4.98 Å². The van der Waals surface area contributed by atoms with Gasteiger partial charge in [-0.1, -0.05) is 42.5 Å². The lowest BCUT2D eigenvalue weighted by atomic mass is 10.1. The van der Waals surface area contributed by atoms with Gasteiger partial charge >= 0.3 is 6.18 Å². The van der Waals surface area contributed by atoms with Crippen molar-refractivity contribution in [2.24, 2.45) is 0 Å². The predicted octanol–water partition coefficient (Wildman–Crippen LogP) is 5.34. The molecule has 1 N–H and O–H groups in total. The van der Waals surface area contributed by atoms with Gasteiger partial charge in [-0.2, -0.15) is 13.2 Å². The Hall–Kier alpha value is -4.41. The number of nitrogens with one attached hydrogen (secondary N) is 1. The van der Waals surface area contributed by atoms with Crippen molar-refractivity contribution in [3.8, 4) is 17.0 Å². The van der Waals surface area contributed by atoms with Crippen LogP contribution in [0, 0.1) is 0 Å². The van der Waals surface area contributed by atoms with E-state index in [2.05, 4.69) is 20.9 Å². The van der Waals surface area contributed by atoms with Crippen LogP contribution in [0.1, 0.15) is 11.1 Å². The number of aromatic nitrogens is 3. The largest absolute Gasteiger partial charge is 0.481 e. The zero-order valence-electron chi connectivity index (χ0n) is 17.8. The molecule has 2 aromatic carbocycles. The third kappa shape index (κ3) is 5.68. The van der Waals surface area contributed by atoms with Crippen LogP contribution in [0.2, 0.25) is 0 Å². The van der Waals surface area contributed by atoms with Crippen molar-refractivity contribution in [3.63, 3.8) is 0 Å². The van der Waals surface area contributed by atoms with Gasteiger partial charge in [-0.05, 0) is 33.6 Å². The monoisotopic (exact) mass is 469 g/mol. The fourth-order valence-corrected chi connectivity index (χ4v) is 3.11. The lowest BCUT2D eigenvalue weighted by Crippen LogP contribution is -2.35. The number of carbonyl (C=O) groups is 1. The second kappa shape index (κ2) is 9.61. The molecule has 4 aromatic rings. The number of rotatable bonds is 6. The second-order valence-corrected chi connectivity index (χ2v) is 7.14. The van der Waals surface area contributed by atoms with Gasteiger partial charge < -0.3 is 19.9 Å². The Bertz CT molecular complexity index is 1290. The van der Waals surface area contributed by atoms with Gasteiger partial charge in [0.2, 0.25) is 24.5 Å². The molecule has 2 aromatic heterocycles. The van der Waals surface area contributed by atoms with Crippen LogP contribution in [0.4, 0.5) is 29.5 Å². The van der Waals surface area contributed by atoms with Crippen LogP contribution in [-0.4, -0.2) is 23.4 Å². The molecular formula is C23H18F3N5O3. The fraction of sp³-hybridized carbons (Fsp3) is 0.130. The molecule has 2 amide bonds. The Morgan fingerprint density at radius 3 is 2.65 bits per heavy atom. The first-order chi connectivity index (χ1) is 16.3. The van der Waals surface area contributed by atoms with Crippen LogP contribution in [0.3, 0.4) is 0 Å². The summed E-state index contributed by atoms with van der Waals surface area (Å²) in [4.78, 5) is 16.1. The molecule has 2 heterocycles. The van der Waals surface area contributed by atoms with Gasteiger partial charge in [0.05, 0.1) is 12.7 Å². The average Bonchev–Trinajstić information content (AvgIpc) is 3.25. The topological polar surface area (TPSA) is 95.2 Å². The van der Waals surface area contributed by atoms with Crippen LogP contribution in [0.5, 0.6) is 5.88 Å². The highest BCUT2D eigenvalue weighted by atomic mass is 19.4. The molecule has 0 aliphatic rings. The van der Waals surface area contributed by atoms with Crippen LogP contribution in [-0.2, 0) is 12.7 Å². The predicted molar refractivity (Wildman–Crippen MR) is 116 cm³/mol. The second-order valence-electron chi connectivity index (χ2n) is 7.14. The summed E-state index contributed by atoms with van der Waals surface area (Å²) >= 11 is 0. The minimum absolute atomic E-state index is 0.0390. The number of urea groups is 1. The zero-order valence-corrected chi connectivity index (χ0v) is 17.8. The summed E-state index contributed by atoms with van der Waals surface area (Å²) in [6.45, 7) is 0.355. The summed E-state index contributed by atoms with van der Waals surface area (Å²) in [7, 11) is 1.56. The van der Waals surface area contributed by atoms with E-state index in [1.54, 1.807) is 13.3 Å². The number of alkyl halides is 3. The highest BCUT2D eigenvalue weighted by Gasteiger charge is 2.30. The third-order valence-electron chi connectivity index (χ3n) is 4.73. The molecule has 0 fully saturated rings. The molecule has 0 saturated heterocycles. The number of halogens is 3. The number of hydrogen-bond acceptors (Lipinski definition) is 5. The molecule has 8 nitrogen and oxygen atoms in total. The van der Waals surface area contributed by atoms with E-state index in [1.165, 1.54) is 23.0 Å². The van der Waals surface area contributed by atoms with Gasteiger partial charge in [0, 0.05) is 17.8 Å². The molecule has 0 aliphatic heterocycles. The fourth-order valence-electron chi connectivity index (χ4n) is 3.11. The number of pyridine rings is 1. The number of nitrogens with zero attached hydrogens (tertiary/aromatic N) is 4. The smallest absolute Gasteiger partial charge is 0.416 e. The Balaban J connectivity index is 1.36. The molecule has 0 spiro atoms. The van der Waals surface area contributed by atoms with E-state index in [4.69, 9.17) is 9.26 Å². The maximum absolute atomic E-state index is 12.8. The van der Waals surface area contributed by atoms with E-state index >= 15 is 0 Å². The quantitative estimate of drug-likeness (QED) is 0.385. The maximum atomic E-state index is 12.8. The van der Waals surface area contributed by atoms with Gasteiger partial charge in [0.25, 0.3) is 0 Å². The highest BCUT2D eigenvalue weighted by Crippen LogP contribution is 2.31. The van der Waals surface area contributed by atoms with Crippen LogP contribution in [0.15, 0.2) is 77.6 Å². The van der Waals surface area contributed by atoms with E-state index in [9.17, 15) is 18.0 Å². The summed E-state index contributed by atoms with van der Waals surface area (Å²) in [6, 6.07) is 14.8. The molecule has 0 atom stereocenters. The molecule has 174 valence electrons. The van der Waals surface area contributed by atoms with E-state index in [0.29, 0.717) is 12.4 Å². The molecule has 0 aliphatic carbocycles. The number of benzene rings is 2. The zero-order chi connectivity index (χ0) is 24.1. The molecule has 4 rings (SSSR count). The Morgan fingerprint density at radius 1 is 1.12 bits per heavy atom.